The van der Waals surface area contributed by atoms with Crippen LogP contribution in [0.2, 0.25) is 0 Å². The molecule has 0 bridgehead atoms. The number of benzene rings is 2. The molecule has 0 fully saturated rings. The SMILES string of the molecule is CC1(C)O/C(=C2/C(=O)Nc3cc(F)ccc32)C=C1c1ccc(C#N)c(F)c1. The standard InChI is InChI=1S/C21H14F2N2O2/c1-21(2)15(11-3-4-12(10-24)16(23)7-11)9-18(27-21)19-14-6-5-13(22)8-17(14)25-20(19)26/h3-9H,1-2H3,(H,25,26)/b19-18+. The largest absolute Gasteiger partial charge is 0.482 e. The fourth-order valence-corrected chi connectivity index (χ4v) is 3.38. The summed E-state index contributed by atoms with van der Waals surface area (Å²) >= 11 is 0. The Labute approximate surface area is 154 Å². The van der Waals surface area contributed by atoms with Crippen LogP contribution in [0.4, 0.5) is 14.5 Å². The number of ether oxygens (including phenoxy) is 1. The summed E-state index contributed by atoms with van der Waals surface area (Å²) in [7, 11) is 0. The molecule has 0 radical (unpaired) electrons. The molecular weight excluding hydrogens is 350 g/mol. The third-order valence-corrected chi connectivity index (χ3v) is 4.66. The van der Waals surface area contributed by atoms with Gasteiger partial charge in [0.1, 0.15) is 29.1 Å². The molecule has 6 heteroatoms. The maximum Gasteiger partial charge on any atom is 0.260 e. The summed E-state index contributed by atoms with van der Waals surface area (Å²) < 4.78 is 33.5. The summed E-state index contributed by atoms with van der Waals surface area (Å²) in [6, 6.07) is 10.2. The first-order valence-electron chi connectivity index (χ1n) is 8.27. The van der Waals surface area contributed by atoms with Gasteiger partial charge in [-0.15, -0.1) is 0 Å². The number of carbonyl (C=O) groups is 1. The van der Waals surface area contributed by atoms with Gasteiger partial charge in [0.2, 0.25) is 0 Å². The van der Waals surface area contributed by atoms with E-state index in [1.165, 1.54) is 30.3 Å². The lowest BCUT2D eigenvalue weighted by Gasteiger charge is -2.23. The molecule has 0 spiro atoms. The number of nitrogens with one attached hydrogen (secondary N) is 1. The van der Waals surface area contributed by atoms with Crippen LogP contribution in [-0.4, -0.2) is 11.5 Å². The van der Waals surface area contributed by atoms with Gasteiger partial charge in [0.15, 0.2) is 0 Å². The molecule has 0 atom stereocenters. The van der Waals surface area contributed by atoms with Gasteiger partial charge in [0.05, 0.1) is 16.8 Å². The van der Waals surface area contributed by atoms with Crippen LogP contribution in [0.25, 0.3) is 11.1 Å². The Hall–Kier alpha value is -3.46. The predicted molar refractivity (Wildman–Crippen MR) is 96.2 cm³/mol. The lowest BCUT2D eigenvalue weighted by atomic mass is 9.91. The molecule has 2 aromatic carbocycles. The van der Waals surface area contributed by atoms with Gasteiger partial charge in [-0.1, -0.05) is 6.07 Å². The predicted octanol–water partition coefficient (Wildman–Crippen LogP) is 4.39. The van der Waals surface area contributed by atoms with Crippen molar-refractivity contribution in [2.75, 3.05) is 5.32 Å². The normalized spacial score (nSPS) is 19.8. The number of rotatable bonds is 1. The molecule has 4 nitrogen and oxygen atoms in total. The zero-order valence-corrected chi connectivity index (χ0v) is 14.6. The number of hydrogen-bond donors (Lipinski definition) is 1. The Balaban J connectivity index is 1.86. The first-order chi connectivity index (χ1) is 12.8. The molecule has 0 unspecified atom stereocenters. The first kappa shape index (κ1) is 17.0. The molecule has 2 aliphatic rings. The summed E-state index contributed by atoms with van der Waals surface area (Å²) in [6.45, 7) is 3.61. The monoisotopic (exact) mass is 364 g/mol. The number of nitrogens with zero attached hydrogens (tertiary/aromatic N) is 1. The van der Waals surface area contributed by atoms with E-state index in [1.54, 1.807) is 32.1 Å². The molecule has 2 aliphatic heterocycles. The van der Waals surface area contributed by atoms with Crippen molar-refractivity contribution in [2.24, 2.45) is 0 Å². The molecule has 134 valence electrons. The van der Waals surface area contributed by atoms with E-state index in [2.05, 4.69) is 5.32 Å². The second-order valence-electron chi connectivity index (χ2n) is 6.86. The molecular formula is C21H14F2N2O2. The highest BCUT2D eigenvalue weighted by Gasteiger charge is 2.38. The van der Waals surface area contributed by atoms with Gasteiger partial charge < -0.3 is 10.1 Å². The van der Waals surface area contributed by atoms with Crippen molar-refractivity contribution < 1.29 is 18.3 Å². The highest BCUT2D eigenvalue weighted by molar-refractivity contribution is 6.32. The van der Waals surface area contributed by atoms with E-state index in [9.17, 15) is 13.6 Å². The fraction of sp³-hybridized carbons (Fsp3) is 0.143. The van der Waals surface area contributed by atoms with Crippen molar-refractivity contribution in [1.29, 1.82) is 5.26 Å². The van der Waals surface area contributed by atoms with E-state index in [4.69, 9.17) is 10.00 Å². The van der Waals surface area contributed by atoms with Gasteiger partial charge in [-0.2, -0.15) is 5.26 Å². The van der Waals surface area contributed by atoms with Gasteiger partial charge in [-0.3, -0.25) is 4.79 Å². The lowest BCUT2D eigenvalue weighted by Crippen LogP contribution is -2.21. The van der Waals surface area contributed by atoms with Crippen LogP contribution in [0.3, 0.4) is 0 Å². The van der Waals surface area contributed by atoms with E-state index < -0.39 is 17.2 Å². The van der Waals surface area contributed by atoms with E-state index in [0.717, 1.165) is 0 Å². The number of halogens is 2. The van der Waals surface area contributed by atoms with Gasteiger partial charge in [0.25, 0.3) is 5.91 Å². The Bertz CT molecular complexity index is 1110. The van der Waals surface area contributed by atoms with E-state index in [0.29, 0.717) is 33.7 Å². The zero-order valence-electron chi connectivity index (χ0n) is 14.6. The quantitative estimate of drug-likeness (QED) is 0.764. The summed E-state index contributed by atoms with van der Waals surface area (Å²) in [6.07, 6.45) is 1.69. The van der Waals surface area contributed by atoms with Crippen molar-refractivity contribution in [2.45, 2.75) is 19.4 Å². The third kappa shape index (κ3) is 2.68. The van der Waals surface area contributed by atoms with Crippen LogP contribution in [0.5, 0.6) is 0 Å². The fourth-order valence-electron chi connectivity index (χ4n) is 3.38. The molecule has 1 N–H and O–H groups in total. The number of fused-ring (bicyclic) bond motifs is 1. The Morgan fingerprint density at radius 1 is 1.15 bits per heavy atom. The van der Waals surface area contributed by atoms with Gasteiger partial charge >= 0.3 is 0 Å². The van der Waals surface area contributed by atoms with E-state index in [-0.39, 0.29) is 11.5 Å². The van der Waals surface area contributed by atoms with Gasteiger partial charge in [-0.05, 0) is 55.8 Å². The summed E-state index contributed by atoms with van der Waals surface area (Å²) in [5, 5.41) is 11.5. The lowest BCUT2D eigenvalue weighted by molar-refractivity contribution is -0.111. The maximum atomic E-state index is 14.0. The zero-order chi connectivity index (χ0) is 19.3. The topological polar surface area (TPSA) is 62.1 Å². The number of allylic oxidation sites excluding steroid dienone is 1. The Kier molecular flexibility index (Phi) is 3.63. The number of hydrogen-bond acceptors (Lipinski definition) is 3. The average Bonchev–Trinajstić information content (AvgIpc) is 3.09. The summed E-state index contributed by atoms with van der Waals surface area (Å²) in [5.74, 6) is -1.11. The van der Waals surface area contributed by atoms with Crippen LogP contribution < -0.4 is 5.32 Å². The minimum absolute atomic E-state index is 0.0409. The number of nitriles is 1. The second-order valence-corrected chi connectivity index (χ2v) is 6.86. The van der Waals surface area contributed by atoms with Crippen LogP contribution in [0.1, 0.15) is 30.5 Å². The number of amides is 1. The molecule has 4 rings (SSSR count). The van der Waals surface area contributed by atoms with Crippen molar-refractivity contribution in [3.63, 3.8) is 0 Å². The molecule has 0 aromatic heterocycles. The third-order valence-electron chi connectivity index (χ3n) is 4.66. The molecule has 0 saturated heterocycles. The minimum atomic E-state index is -0.813. The van der Waals surface area contributed by atoms with Crippen LogP contribution >= 0.6 is 0 Å². The second kappa shape index (κ2) is 5.78. The maximum absolute atomic E-state index is 14.0. The Morgan fingerprint density at radius 2 is 1.93 bits per heavy atom. The van der Waals surface area contributed by atoms with Crippen LogP contribution in [-0.2, 0) is 9.53 Å². The molecule has 2 heterocycles. The van der Waals surface area contributed by atoms with E-state index in [1.807, 2.05) is 0 Å². The van der Waals surface area contributed by atoms with Gasteiger partial charge in [0, 0.05) is 11.1 Å². The molecule has 0 aliphatic carbocycles. The summed E-state index contributed by atoms with van der Waals surface area (Å²) in [5.41, 5.74) is 1.63. The highest BCUT2D eigenvalue weighted by Crippen LogP contribution is 2.44. The van der Waals surface area contributed by atoms with E-state index >= 15 is 0 Å². The highest BCUT2D eigenvalue weighted by atomic mass is 19.1. The van der Waals surface area contributed by atoms with Crippen LogP contribution in [0, 0.1) is 23.0 Å². The Morgan fingerprint density at radius 3 is 2.63 bits per heavy atom. The van der Waals surface area contributed by atoms with Crippen molar-refractivity contribution in [3.8, 4) is 6.07 Å². The van der Waals surface area contributed by atoms with Crippen molar-refractivity contribution >= 4 is 22.7 Å². The number of anilines is 1. The molecule has 2 aromatic rings. The smallest absolute Gasteiger partial charge is 0.260 e. The van der Waals surface area contributed by atoms with Crippen molar-refractivity contribution in [1.82, 2.24) is 0 Å². The molecule has 1 amide bonds. The van der Waals surface area contributed by atoms with Crippen molar-refractivity contribution in [3.05, 3.63) is 76.6 Å². The summed E-state index contributed by atoms with van der Waals surface area (Å²) in [4.78, 5) is 12.4. The van der Waals surface area contributed by atoms with Crippen LogP contribution in [0.15, 0.2) is 48.2 Å². The average molecular weight is 364 g/mol. The molecule has 0 saturated carbocycles. The first-order valence-corrected chi connectivity index (χ1v) is 8.27. The minimum Gasteiger partial charge on any atom is -0.482 e. The number of carbonyl (C=O) groups excluding carboxylic acids is 1. The molecule has 27 heavy (non-hydrogen) atoms. The van der Waals surface area contributed by atoms with Gasteiger partial charge in [-0.25, -0.2) is 8.78 Å².